The van der Waals surface area contributed by atoms with Crippen molar-refractivity contribution in [1.29, 1.82) is 0 Å². The molecular weight excluding hydrogens is 468 g/mol. The molecule has 0 amide bonds. The van der Waals surface area contributed by atoms with E-state index in [9.17, 15) is 4.79 Å². The number of aryl methyl sites for hydroxylation is 2. The van der Waals surface area contributed by atoms with Crippen LogP contribution in [0.3, 0.4) is 0 Å². The van der Waals surface area contributed by atoms with Gasteiger partial charge in [-0.15, -0.1) is 0 Å². The molecule has 3 aromatic heterocycles. The fourth-order valence-corrected chi connectivity index (χ4v) is 4.67. The highest BCUT2D eigenvalue weighted by molar-refractivity contribution is 7.98. The summed E-state index contributed by atoms with van der Waals surface area (Å²) in [5, 5.41) is 5.07. The number of hydrogen-bond donors (Lipinski definition) is 0. The molecule has 176 valence electrons. The number of benzene rings is 2. The average molecular weight is 489 g/mol. The summed E-state index contributed by atoms with van der Waals surface area (Å²) in [4.78, 5) is 22.7. The molecule has 0 atom stereocenters. The summed E-state index contributed by atoms with van der Waals surface area (Å²) in [6.07, 6.45) is 1.58. The average Bonchev–Trinajstić information content (AvgIpc) is 3.62. The summed E-state index contributed by atoms with van der Waals surface area (Å²) in [5.41, 5.74) is 3.58. The Hall–Kier alpha value is -4.05. The van der Waals surface area contributed by atoms with E-state index in [4.69, 9.17) is 23.4 Å². The first-order valence-corrected chi connectivity index (χ1v) is 11.9. The Morgan fingerprint density at radius 2 is 1.89 bits per heavy atom. The first kappa shape index (κ1) is 21.5. The van der Waals surface area contributed by atoms with E-state index in [2.05, 4.69) is 17.1 Å². The monoisotopic (exact) mass is 488 g/mol. The molecule has 6 rings (SSSR count). The molecule has 1 aliphatic rings. The zero-order chi connectivity index (χ0) is 23.9. The van der Waals surface area contributed by atoms with E-state index in [0.29, 0.717) is 50.8 Å². The standard InChI is InChI=1S/C25H20N4O5S/c1-14-5-6-16(8-15(14)2)23-27-22(34-28-23)12-35-25-26-19-10-21-20(32-13-33-21)9-18(19)24(30)29(25)11-17-4-3-7-31-17/h3-10H,11-13H2,1-2H3. The highest BCUT2D eigenvalue weighted by atomic mass is 32.2. The van der Waals surface area contributed by atoms with E-state index in [1.54, 1.807) is 29.0 Å². The number of hydrogen-bond acceptors (Lipinski definition) is 9. The quantitative estimate of drug-likeness (QED) is 0.248. The molecule has 0 aliphatic carbocycles. The minimum absolute atomic E-state index is 0.119. The molecule has 0 fully saturated rings. The van der Waals surface area contributed by atoms with Crippen LogP contribution in [0.5, 0.6) is 11.5 Å². The van der Waals surface area contributed by atoms with Gasteiger partial charge < -0.3 is 18.4 Å². The second-order valence-electron chi connectivity index (χ2n) is 8.19. The summed E-state index contributed by atoms with van der Waals surface area (Å²) in [6, 6.07) is 13.0. The van der Waals surface area contributed by atoms with Crippen LogP contribution in [-0.2, 0) is 12.3 Å². The van der Waals surface area contributed by atoms with Crippen molar-refractivity contribution in [3.63, 3.8) is 0 Å². The molecule has 2 aromatic carbocycles. The SMILES string of the molecule is Cc1ccc(-c2noc(CSc3nc4cc5c(cc4c(=O)n3Cc3ccco3)OCO5)n2)cc1C. The van der Waals surface area contributed by atoms with Crippen LogP contribution in [0.4, 0.5) is 0 Å². The van der Waals surface area contributed by atoms with E-state index in [1.807, 2.05) is 31.2 Å². The largest absolute Gasteiger partial charge is 0.467 e. The van der Waals surface area contributed by atoms with Crippen molar-refractivity contribution in [3.05, 3.63) is 81.9 Å². The van der Waals surface area contributed by atoms with Gasteiger partial charge >= 0.3 is 0 Å². The third-order valence-electron chi connectivity index (χ3n) is 5.87. The van der Waals surface area contributed by atoms with Crippen molar-refractivity contribution in [2.75, 3.05) is 6.79 Å². The maximum Gasteiger partial charge on any atom is 0.262 e. The van der Waals surface area contributed by atoms with Crippen LogP contribution >= 0.6 is 11.8 Å². The molecular formula is C25H20N4O5S. The van der Waals surface area contributed by atoms with E-state index < -0.39 is 0 Å². The lowest BCUT2D eigenvalue weighted by Crippen LogP contribution is -2.23. The molecule has 0 saturated carbocycles. The summed E-state index contributed by atoms with van der Waals surface area (Å²) >= 11 is 1.34. The third kappa shape index (κ3) is 4.06. The smallest absolute Gasteiger partial charge is 0.262 e. The number of fused-ring (bicyclic) bond motifs is 2. The van der Waals surface area contributed by atoms with Crippen LogP contribution in [0, 0.1) is 13.8 Å². The molecule has 0 radical (unpaired) electrons. The summed E-state index contributed by atoms with van der Waals surface area (Å²) in [6.45, 7) is 4.46. The molecule has 0 bridgehead atoms. The van der Waals surface area contributed by atoms with Gasteiger partial charge in [0.25, 0.3) is 5.56 Å². The molecule has 0 saturated heterocycles. The lowest BCUT2D eigenvalue weighted by atomic mass is 10.1. The Labute approximate surface area is 203 Å². The van der Waals surface area contributed by atoms with Crippen molar-refractivity contribution in [2.24, 2.45) is 0 Å². The van der Waals surface area contributed by atoms with Crippen LogP contribution in [0.25, 0.3) is 22.3 Å². The Balaban J connectivity index is 1.34. The van der Waals surface area contributed by atoms with Crippen molar-refractivity contribution < 1.29 is 18.4 Å². The summed E-state index contributed by atoms with van der Waals surface area (Å²) in [7, 11) is 0. The fourth-order valence-electron chi connectivity index (χ4n) is 3.84. The molecule has 35 heavy (non-hydrogen) atoms. The minimum atomic E-state index is -0.200. The lowest BCUT2D eigenvalue weighted by Gasteiger charge is -2.12. The Morgan fingerprint density at radius 1 is 1.03 bits per heavy atom. The van der Waals surface area contributed by atoms with Gasteiger partial charge in [0.2, 0.25) is 18.5 Å². The number of ether oxygens (including phenoxy) is 2. The number of furan rings is 1. The number of thioether (sulfide) groups is 1. The zero-order valence-corrected chi connectivity index (χ0v) is 19.8. The number of rotatable bonds is 6. The first-order chi connectivity index (χ1) is 17.0. The molecule has 10 heteroatoms. The van der Waals surface area contributed by atoms with Crippen molar-refractivity contribution >= 4 is 22.7 Å². The van der Waals surface area contributed by atoms with Gasteiger partial charge in [0.1, 0.15) is 5.76 Å². The summed E-state index contributed by atoms with van der Waals surface area (Å²) < 4.78 is 23.5. The van der Waals surface area contributed by atoms with Gasteiger partial charge in [0.05, 0.1) is 29.5 Å². The number of aromatic nitrogens is 4. The van der Waals surface area contributed by atoms with Crippen LogP contribution in [-0.4, -0.2) is 26.5 Å². The number of nitrogens with zero attached hydrogens (tertiary/aromatic N) is 4. The van der Waals surface area contributed by atoms with Crippen molar-refractivity contribution in [3.8, 4) is 22.9 Å². The summed E-state index contributed by atoms with van der Waals surface area (Å²) in [5.74, 6) is 3.05. The molecule has 0 unspecified atom stereocenters. The maximum absolute atomic E-state index is 13.5. The molecule has 4 heterocycles. The third-order valence-corrected chi connectivity index (χ3v) is 6.83. The van der Waals surface area contributed by atoms with Gasteiger partial charge in [-0.05, 0) is 49.2 Å². The van der Waals surface area contributed by atoms with E-state index in [0.717, 1.165) is 11.1 Å². The van der Waals surface area contributed by atoms with Gasteiger partial charge in [-0.1, -0.05) is 29.1 Å². The molecule has 5 aromatic rings. The lowest BCUT2D eigenvalue weighted by molar-refractivity contribution is 0.174. The second kappa shape index (κ2) is 8.62. The van der Waals surface area contributed by atoms with E-state index in [1.165, 1.54) is 17.3 Å². The first-order valence-electron chi connectivity index (χ1n) is 10.9. The predicted octanol–water partition coefficient (Wildman–Crippen LogP) is 4.73. The topological polar surface area (TPSA) is 105 Å². The fraction of sp³-hybridized carbons (Fsp3) is 0.200. The highest BCUT2D eigenvalue weighted by Gasteiger charge is 2.20. The maximum atomic E-state index is 13.5. The minimum Gasteiger partial charge on any atom is -0.467 e. The zero-order valence-electron chi connectivity index (χ0n) is 19.0. The Bertz CT molecular complexity index is 1610. The van der Waals surface area contributed by atoms with Crippen LogP contribution < -0.4 is 15.0 Å². The normalized spacial score (nSPS) is 12.5. The van der Waals surface area contributed by atoms with Gasteiger partial charge in [0.15, 0.2) is 16.7 Å². The Morgan fingerprint density at radius 3 is 2.69 bits per heavy atom. The van der Waals surface area contributed by atoms with Gasteiger partial charge in [-0.3, -0.25) is 9.36 Å². The van der Waals surface area contributed by atoms with Crippen molar-refractivity contribution in [2.45, 2.75) is 31.3 Å². The van der Waals surface area contributed by atoms with Gasteiger partial charge in [-0.25, -0.2) is 4.98 Å². The Kier molecular flexibility index (Phi) is 5.29. The van der Waals surface area contributed by atoms with Crippen LogP contribution in [0.1, 0.15) is 22.8 Å². The van der Waals surface area contributed by atoms with Crippen LogP contribution in [0.15, 0.2) is 67.6 Å². The predicted molar refractivity (Wildman–Crippen MR) is 129 cm³/mol. The second-order valence-corrected chi connectivity index (χ2v) is 9.13. The van der Waals surface area contributed by atoms with Gasteiger partial charge in [-0.2, -0.15) is 4.98 Å². The van der Waals surface area contributed by atoms with E-state index in [-0.39, 0.29) is 18.9 Å². The highest BCUT2D eigenvalue weighted by Crippen LogP contribution is 2.35. The molecule has 0 N–H and O–H groups in total. The van der Waals surface area contributed by atoms with E-state index >= 15 is 0 Å². The molecule has 9 nitrogen and oxygen atoms in total. The molecule has 0 spiro atoms. The van der Waals surface area contributed by atoms with Crippen molar-refractivity contribution in [1.82, 2.24) is 19.7 Å². The molecule has 1 aliphatic heterocycles. The van der Waals surface area contributed by atoms with Gasteiger partial charge in [0, 0.05) is 11.6 Å². The van der Waals surface area contributed by atoms with Crippen LogP contribution in [0.2, 0.25) is 0 Å².